The quantitative estimate of drug-likeness (QED) is 0.727. The summed E-state index contributed by atoms with van der Waals surface area (Å²) in [6.07, 6.45) is -0.113. The standard InChI is InChI=1S/C12H13NO3/c1-2-15-12(14)11-8-10(13-16-11)9-6-4-3-5-7-9/h3-7,11H,2,8H2,1H3/t11-/m0/s1. The number of oxime groups is 1. The van der Waals surface area contributed by atoms with Gasteiger partial charge in [0, 0.05) is 6.42 Å². The monoisotopic (exact) mass is 219 g/mol. The summed E-state index contributed by atoms with van der Waals surface area (Å²) in [6, 6.07) is 9.67. The number of carbonyl (C=O) groups is 1. The van der Waals surface area contributed by atoms with Crippen LogP contribution in [0.15, 0.2) is 35.5 Å². The second-order valence-corrected chi connectivity index (χ2v) is 3.45. The maximum atomic E-state index is 11.4. The van der Waals surface area contributed by atoms with E-state index in [1.807, 2.05) is 30.3 Å². The van der Waals surface area contributed by atoms with Crippen molar-refractivity contribution in [3.63, 3.8) is 0 Å². The minimum atomic E-state index is -0.588. The van der Waals surface area contributed by atoms with E-state index in [-0.39, 0.29) is 5.97 Å². The van der Waals surface area contributed by atoms with E-state index in [1.165, 1.54) is 0 Å². The topological polar surface area (TPSA) is 47.9 Å². The summed E-state index contributed by atoms with van der Waals surface area (Å²) >= 11 is 0. The average molecular weight is 219 g/mol. The summed E-state index contributed by atoms with van der Waals surface area (Å²) in [5.74, 6) is -0.350. The fourth-order valence-electron chi connectivity index (χ4n) is 1.54. The van der Waals surface area contributed by atoms with Crippen LogP contribution in [0.2, 0.25) is 0 Å². The van der Waals surface area contributed by atoms with Crippen LogP contribution in [-0.4, -0.2) is 24.4 Å². The van der Waals surface area contributed by atoms with Crippen molar-refractivity contribution in [2.75, 3.05) is 6.61 Å². The third-order valence-corrected chi connectivity index (χ3v) is 2.33. The van der Waals surface area contributed by atoms with Crippen LogP contribution in [0.4, 0.5) is 0 Å². The van der Waals surface area contributed by atoms with Crippen molar-refractivity contribution < 1.29 is 14.4 Å². The third kappa shape index (κ3) is 2.21. The Labute approximate surface area is 93.9 Å². The molecule has 0 saturated heterocycles. The first-order valence-electron chi connectivity index (χ1n) is 5.26. The van der Waals surface area contributed by atoms with Crippen molar-refractivity contribution in [2.45, 2.75) is 19.4 Å². The van der Waals surface area contributed by atoms with E-state index >= 15 is 0 Å². The lowest BCUT2D eigenvalue weighted by Gasteiger charge is -2.06. The molecule has 0 bridgehead atoms. The molecule has 1 aromatic carbocycles. The highest BCUT2D eigenvalue weighted by Crippen LogP contribution is 2.17. The number of rotatable bonds is 3. The Morgan fingerprint density at radius 2 is 2.25 bits per heavy atom. The van der Waals surface area contributed by atoms with Gasteiger partial charge in [-0.05, 0) is 12.5 Å². The molecule has 0 aromatic heterocycles. The van der Waals surface area contributed by atoms with E-state index in [0.717, 1.165) is 11.3 Å². The van der Waals surface area contributed by atoms with Gasteiger partial charge in [-0.3, -0.25) is 0 Å². The van der Waals surface area contributed by atoms with Crippen LogP contribution < -0.4 is 0 Å². The van der Waals surface area contributed by atoms with Crippen molar-refractivity contribution in [3.8, 4) is 0 Å². The number of hydrogen-bond acceptors (Lipinski definition) is 4. The van der Waals surface area contributed by atoms with Gasteiger partial charge >= 0.3 is 5.97 Å². The molecule has 1 aliphatic heterocycles. The Morgan fingerprint density at radius 3 is 2.94 bits per heavy atom. The highest BCUT2D eigenvalue weighted by Gasteiger charge is 2.29. The zero-order valence-electron chi connectivity index (χ0n) is 9.05. The molecule has 0 N–H and O–H groups in total. The van der Waals surface area contributed by atoms with E-state index in [9.17, 15) is 4.79 Å². The average Bonchev–Trinajstić information content (AvgIpc) is 2.80. The van der Waals surface area contributed by atoms with Gasteiger partial charge < -0.3 is 9.57 Å². The lowest BCUT2D eigenvalue weighted by Crippen LogP contribution is -2.23. The summed E-state index contributed by atoms with van der Waals surface area (Å²) in [4.78, 5) is 16.4. The molecule has 4 heteroatoms. The van der Waals surface area contributed by atoms with Gasteiger partial charge in [-0.1, -0.05) is 35.5 Å². The van der Waals surface area contributed by atoms with Crippen molar-refractivity contribution in [1.82, 2.24) is 0 Å². The van der Waals surface area contributed by atoms with Gasteiger partial charge in [-0.15, -0.1) is 0 Å². The third-order valence-electron chi connectivity index (χ3n) is 2.33. The second kappa shape index (κ2) is 4.79. The Kier molecular flexibility index (Phi) is 3.19. The largest absolute Gasteiger partial charge is 0.463 e. The molecular weight excluding hydrogens is 206 g/mol. The SMILES string of the molecule is CCOC(=O)[C@@H]1CC(c2ccccc2)=NO1. The molecule has 2 rings (SSSR count). The van der Waals surface area contributed by atoms with Crippen molar-refractivity contribution in [3.05, 3.63) is 35.9 Å². The summed E-state index contributed by atoms with van der Waals surface area (Å²) in [5, 5.41) is 3.91. The first kappa shape index (κ1) is 10.7. The van der Waals surface area contributed by atoms with Gasteiger partial charge in [-0.25, -0.2) is 4.79 Å². The molecule has 0 amide bonds. The fourth-order valence-corrected chi connectivity index (χ4v) is 1.54. The lowest BCUT2D eigenvalue weighted by molar-refractivity contribution is -0.154. The lowest BCUT2D eigenvalue weighted by atomic mass is 10.1. The molecule has 0 fully saturated rings. The Balaban J connectivity index is 2.00. The number of benzene rings is 1. The summed E-state index contributed by atoms with van der Waals surface area (Å²) < 4.78 is 4.87. The van der Waals surface area contributed by atoms with Gasteiger partial charge in [0.25, 0.3) is 0 Å². The van der Waals surface area contributed by atoms with E-state index in [1.54, 1.807) is 6.92 Å². The minimum absolute atomic E-state index is 0.350. The maximum Gasteiger partial charge on any atom is 0.350 e. The van der Waals surface area contributed by atoms with Crippen LogP contribution in [0.1, 0.15) is 18.9 Å². The number of nitrogens with zero attached hydrogens (tertiary/aromatic N) is 1. The summed E-state index contributed by atoms with van der Waals surface area (Å²) in [6.45, 7) is 2.13. The van der Waals surface area contributed by atoms with Crippen LogP contribution in [0.5, 0.6) is 0 Å². The molecule has 16 heavy (non-hydrogen) atoms. The van der Waals surface area contributed by atoms with Crippen LogP contribution in [0, 0.1) is 0 Å². The molecule has 1 atom stereocenters. The van der Waals surface area contributed by atoms with Gasteiger partial charge in [0.15, 0.2) is 0 Å². The van der Waals surface area contributed by atoms with E-state index in [2.05, 4.69) is 5.16 Å². The van der Waals surface area contributed by atoms with Crippen LogP contribution in [0.3, 0.4) is 0 Å². The molecule has 1 heterocycles. The fraction of sp³-hybridized carbons (Fsp3) is 0.333. The predicted molar refractivity (Wildman–Crippen MR) is 59.1 cm³/mol. The molecule has 1 aromatic rings. The van der Waals surface area contributed by atoms with Crippen LogP contribution in [0.25, 0.3) is 0 Å². The molecule has 0 saturated carbocycles. The Hall–Kier alpha value is -1.84. The molecule has 84 valence electrons. The van der Waals surface area contributed by atoms with E-state index in [0.29, 0.717) is 13.0 Å². The first-order chi connectivity index (χ1) is 7.81. The molecule has 0 aliphatic carbocycles. The highest BCUT2D eigenvalue weighted by molar-refractivity contribution is 6.03. The molecule has 4 nitrogen and oxygen atoms in total. The first-order valence-corrected chi connectivity index (χ1v) is 5.26. The van der Waals surface area contributed by atoms with Crippen LogP contribution >= 0.6 is 0 Å². The Bertz CT molecular complexity index is 400. The highest BCUT2D eigenvalue weighted by atomic mass is 16.7. The zero-order chi connectivity index (χ0) is 11.4. The molecule has 0 spiro atoms. The van der Waals surface area contributed by atoms with Crippen molar-refractivity contribution in [2.24, 2.45) is 5.16 Å². The Morgan fingerprint density at radius 1 is 1.50 bits per heavy atom. The predicted octanol–water partition coefficient (Wildman–Crippen LogP) is 1.74. The second-order valence-electron chi connectivity index (χ2n) is 3.45. The van der Waals surface area contributed by atoms with Gasteiger partial charge in [0.2, 0.25) is 6.10 Å². The van der Waals surface area contributed by atoms with Gasteiger partial charge in [0.1, 0.15) is 0 Å². The smallest absolute Gasteiger partial charge is 0.350 e. The molecular formula is C12H13NO3. The minimum Gasteiger partial charge on any atom is -0.463 e. The number of carbonyl (C=O) groups excluding carboxylic acids is 1. The summed E-state index contributed by atoms with van der Waals surface area (Å²) in [5.41, 5.74) is 1.77. The van der Waals surface area contributed by atoms with Gasteiger partial charge in [-0.2, -0.15) is 0 Å². The molecule has 1 aliphatic rings. The van der Waals surface area contributed by atoms with Crippen molar-refractivity contribution >= 4 is 11.7 Å². The zero-order valence-corrected chi connectivity index (χ0v) is 9.05. The van der Waals surface area contributed by atoms with Crippen LogP contribution in [-0.2, 0) is 14.4 Å². The maximum absolute atomic E-state index is 11.4. The molecule has 0 unspecified atom stereocenters. The number of esters is 1. The number of hydrogen-bond donors (Lipinski definition) is 0. The molecule has 0 radical (unpaired) electrons. The summed E-state index contributed by atoms with van der Waals surface area (Å²) in [7, 11) is 0. The van der Waals surface area contributed by atoms with Gasteiger partial charge in [0.05, 0.1) is 12.3 Å². The van der Waals surface area contributed by atoms with E-state index < -0.39 is 6.10 Å². The number of ether oxygens (including phenoxy) is 1. The van der Waals surface area contributed by atoms with Crippen molar-refractivity contribution in [1.29, 1.82) is 0 Å². The normalized spacial score (nSPS) is 18.8. The van der Waals surface area contributed by atoms with E-state index in [4.69, 9.17) is 9.57 Å².